The lowest BCUT2D eigenvalue weighted by Crippen LogP contribution is -2.13. The fourth-order valence-corrected chi connectivity index (χ4v) is 2.74. The minimum Gasteiger partial charge on any atom is -0.496 e. The highest BCUT2D eigenvalue weighted by atomic mass is 35.5. The van der Waals surface area contributed by atoms with Crippen molar-refractivity contribution in [3.05, 3.63) is 53.6 Å². The number of anilines is 1. The summed E-state index contributed by atoms with van der Waals surface area (Å²) in [6.07, 6.45) is 0. The third kappa shape index (κ3) is 4.52. The van der Waals surface area contributed by atoms with Crippen molar-refractivity contribution in [2.24, 2.45) is 0 Å². The number of rotatable bonds is 6. The normalized spacial score (nSPS) is 10.5. The second-order valence-corrected chi connectivity index (χ2v) is 6.28. The molecule has 6 nitrogen and oxygen atoms in total. The van der Waals surface area contributed by atoms with Crippen LogP contribution in [0.5, 0.6) is 5.75 Å². The number of halogens is 1. The van der Waals surface area contributed by atoms with Crippen molar-refractivity contribution in [3.8, 4) is 17.2 Å². The fraction of sp³-hybridized carbons (Fsp3) is 0.118. The molecule has 0 aliphatic rings. The minimum atomic E-state index is -0.177. The van der Waals surface area contributed by atoms with Gasteiger partial charge in [-0.1, -0.05) is 35.5 Å². The van der Waals surface area contributed by atoms with Crippen LogP contribution < -0.4 is 10.1 Å². The van der Waals surface area contributed by atoms with E-state index in [0.717, 1.165) is 11.8 Å². The van der Waals surface area contributed by atoms with E-state index in [1.807, 2.05) is 24.3 Å². The molecule has 1 aromatic heterocycles. The Morgan fingerprint density at radius 1 is 1.20 bits per heavy atom. The number of benzene rings is 2. The topological polar surface area (TPSA) is 77.2 Å². The Morgan fingerprint density at radius 3 is 2.72 bits per heavy atom. The Labute approximate surface area is 153 Å². The zero-order valence-corrected chi connectivity index (χ0v) is 14.8. The summed E-state index contributed by atoms with van der Waals surface area (Å²) in [6, 6.07) is 14.2. The average molecular weight is 376 g/mol. The molecule has 128 valence electrons. The summed E-state index contributed by atoms with van der Waals surface area (Å²) in [4.78, 5) is 12.0. The average Bonchev–Trinajstić information content (AvgIpc) is 3.11. The molecule has 3 aromatic rings. The smallest absolute Gasteiger partial charge is 0.277 e. The number of nitrogens with zero attached hydrogens (tertiary/aromatic N) is 2. The number of para-hydroxylation sites is 1. The molecule has 8 heteroatoms. The van der Waals surface area contributed by atoms with E-state index in [2.05, 4.69) is 15.5 Å². The molecule has 0 bridgehead atoms. The van der Waals surface area contributed by atoms with Gasteiger partial charge in [-0.15, -0.1) is 10.2 Å². The molecule has 0 unspecified atom stereocenters. The van der Waals surface area contributed by atoms with Crippen LogP contribution in [0.25, 0.3) is 11.5 Å². The van der Waals surface area contributed by atoms with Crippen molar-refractivity contribution in [1.29, 1.82) is 0 Å². The summed E-state index contributed by atoms with van der Waals surface area (Å²) in [7, 11) is 1.58. The number of aromatic nitrogens is 2. The molecule has 0 radical (unpaired) electrons. The van der Waals surface area contributed by atoms with Gasteiger partial charge in [-0.05, 0) is 36.4 Å². The number of hydrogen-bond acceptors (Lipinski definition) is 6. The number of amides is 1. The zero-order valence-electron chi connectivity index (χ0n) is 13.2. The van der Waals surface area contributed by atoms with Crippen LogP contribution in [0.1, 0.15) is 0 Å². The van der Waals surface area contributed by atoms with Gasteiger partial charge in [-0.2, -0.15) is 0 Å². The molecule has 0 spiro atoms. The Kier molecular flexibility index (Phi) is 5.57. The van der Waals surface area contributed by atoms with Crippen LogP contribution in [0.3, 0.4) is 0 Å². The summed E-state index contributed by atoms with van der Waals surface area (Å²) in [6.45, 7) is 0. The number of ether oxygens (including phenoxy) is 1. The lowest BCUT2D eigenvalue weighted by Gasteiger charge is -2.04. The largest absolute Gasteiger partial charge is 0.496 e. The molecule has 1 amide bonds. The molecular weight excluding hydrogens is 362 g/mol. The standard InChI is InChI=1S/C17H14ClN3O3S/c1-23-14-5-3-2-4-13(14)16-20-21-17(24-16)25-10-15(22)19-12-8-6-11(18)7-9-12/h2-9H,10H2,1H3,(H,19,22). The molecule has 0 saturated carbocycles. The van der Waals surface area contributed by atoms with Crippen molar-refractivity contribution < 1.29 is 13.9 Å². The van der Waals surface area contributed by atoms with Crippen LogP contribution in [0.4, 0.5) is 5.69 Å². The number of nitrogens with one attached hydrogen (secondary N) is 1. The zero-order chi connectivity index (χ0) is 17.6. The maximum Gasteiger partial charge on any atom is 0.277 e. The van der Waals surface area contributed by atoms with E-state index in [1.54, 1.807) is 31.4 Å². The minimum absolute atomic E-state index is 0.149. The summed E-state index contributed by atoms with van der Waals surface area (Å²) in [5.74, 6) is 0.960. The first kappa shape index (κ1) is 17.3. The van der Waals surface area contributed by atoms with Gasteiger partial charge in [0.1, 0.15) is 5.75 Å². The van der Waals surface area contributed by atoms with Crippen molar-refractivity contribution in [1.82, 2.24) is 10.2 Å². The fourth-order valence-electron chi connectivity index (χ4n) is 2.06. The predicted molar refractivity (Wildman–Crippen MR) is 97.1 cm³/mol. The van der Waals surface area contributed by atoms with Crippen molar-refractivity contribution in [2.75, 3.05) is 18.2 Å². The van der Waals surface area contributed by atoms with E-state index in [9.17, 15) is 4.79 Å². The Bertz CT molecular complexity index is 868. The maximum absolute atomic E-state index is 12.0. The lowest BCUT2D eigenvalue weighted by molar-refractivity contribution is -0.113. The second kappa shape index (κ2) is 8.04. The van der Waals surface area contributed by atoms with Crippen LogP contribution in [0.15, 0.2) is 58.2 Å². The molecule has 0 atom stereocenters. The highest BCUT2D eigenvalue weighted by Crippen LogP contribution is 2.30. The first-order valence-electron chi connectivity index (χ1n) is 7.31. The Balaban J connectivity index is 1.60. The van der Waals surface area contributed by atoms with E-state index in [1.165, 1.54) is 0 Å². The number of carbonyl (C=O) groups excluding carboxylic acids is 1. The van der Waals surface area contributed by atoms with Crippen LogP contribution >= 0.6 is 23.4 Å². The third-order valence-electron chi connectivity index (χ3n) is 3.20. The summed E-state index contributed by atoms with van der Waals surface area (Å²) < 4.78 is 10.9. The van der Waals surface area contributed by atoms with Crippen LogP contribution in [0.2, 0.25) is 5.02 Å². The van der Waals surface area contributed by atoms with Gasteiger partial charge in [0.25, 0.3) is 11.1 Å². The Hall–Kier alpha value is -2.51. The molecule has 0 aliphatic carbocycles. The third-order valence-corrected chi connectivity index (χ3v) is 4.27. The van der Waals surface area contributed by atoms with Gasteiger partial charge < -0.3 is 14.5 Å². The van der Waals surface area contributed by atoms with Gasteiger partial charge >= 0.3 is 0 Å². The molecule has 0 fully saturated rings. The van der Waals surface area contributed by atoms with Gasteiger partial charge in [0.2, 0.25) is 5.91 Å². The van der Waals surface area contributed by atoms with Gasteiger partial charge in [-0.3, -0.25) is 4.79 Å². The van der Waals surface area contributed by atoms with Gasteiger partial charge in [0, 0.05) is 10.7 Å². The van der Waals surface area contributed by atoms with Gasteiger partial charge in [0.15, 0.2) is 0 Å². The van der Waals surface area contributed by atoms with Gasteiger partial charge in [0.05, 0.1) is 18.4 Å². The van der Waals surface area contributed by atoms with Crippen LogP contribution in [0, 0.1) is 0 Å². The van der Waals surface area contributed by atoms with E-state index in [-0.39, 0.29) is 11.7 Å². The van der Waals surface area contributed by atoms with Crippen LogP contribution in [-0.4, -0.2) is 29.0 Å². The molecule has 2 aromatic carbocycles. The number of thioether (sulfide) groups is 1. The van der Waals surface area contributed by atoms with Crippen LogP contribution in [-0.2, 0) is 4.79 Å². The molecule has 3 rings (SSSR count). The summed E-state index contributed by atoms with van der Waals surface area (Å²) in [5.41, 5.74) is 1.38. The number of hydrogen-bond donors (Lipinski definition) is 1. The van der Waals surface area contributed by atoms with E-state index >= 15 is 0 Å². The first-order chi connectivity index (χ1) is 12.2. The SMILES string of the molecule is COc1ccccc1-c1nnc(SCC(=O)Nc2ccc(Cl)cc2)o1. The van der Waals surface area contributed by atoms with E-state index < -0.39 is 0 Å². The molecule has 1 heterocycles. The molecule has 0 aliphatic heterocycles. The number of carbonyl (C=O) groups is 1. The molecule has 1 N–H and O–H groups in total. The quantitative estimate of drug-likeness (QED) is 0.653. The van der Waals surface area contributed by atoms with Gasteiger partial charge in [-0.25, -0.2) is 0 Å². The van der Waals surface area contributed by atoms with E-state index in [4.69, 9.17) is 20.8 Å². The maximum atomic E-state index is 12.0. The molecule has 25 heavy (non-hydrogen) atoms. The van der Waals surface area contributed by atoms with Crippen molar-refractivity contribution in [2.45, 2.75) is 5.22 Å². The first-order valence-corrected chi connectivity index (χ1v) is 8.67. The van der Waals surface area contributed by atoms with Crippen molar-refractivity contribution >= 4 is 35.0 Å². The number of methoxy groups -OCH3 is 1. The molecule has 0 saturated heterocycles. The predicted octanol–water partition coefficient (Wildman–Crippen LogP) is 4.13. The summed E-state index contributed by atoms with van der Waals surface area (Å²) >= 11 is 6.97. The lowest BCUT2D eigenvalue weighted by atomic mass is 10.2. The highest BCUT2D eigenvalue weighted by molar-refractivity contribution is 7.99. The Morgan fingerprint density at radius 2 is 1.96 bits per heavy atom. The van der Waals surface area contributed by atoms with E-state index in [0.29, 0.717) is 33.1 Å². The summed E-state index contributed by atoms with van der Waals surface area (Å²) in [5, 5.41) is 11.6. The van der Waals surface area contributed by atoms with Crippen molar-refractivity contribution in [3.63, 3.8) is 0 Å². The monoisotopic (exact) mass is 375 g/mol. The second-order valence-electron chi connectivity index (χ2n) is 4.92. The highest BCUT2D eigenvalue weighted by Gasteiger charge is 2.14. The molecular formula is C17H14ClN3O3S.